The van der Waals surface area contributed by atoms with E-state index in [1.165, 1.54) is 17.4 Å². The second-order valence-corrected chi connectivity index (χ2v) is 5.06. The van der Waals surface area contributed by atoms with E-state index in [2.05, 4.69) is 0 Å². The van der Waals surface area contributed by atoms with E-state index in [0.29, 0.717) is 10.3 Å². The van der Waals surface area contributed by atoms with E-state index in [-0.39, 0.29) is 5.82 Å². The maximum Gasteiger partial charge on any atom is 0.150 e. The fourth-order valence-electron chi connectivity index (χ4n) is 1.94. The van der Waals surface area contributed by atoms with E-state index in [4.69, 9.17) is 0 Å². The molecule has 1 heterocycles. The Morgan fingerprint density at radius 3 is 2.67 bits per heavy atom. The number of hydrogen-bond acceptors (Lipinski definition) is 2. The first-order chi connectivity index (χ1) is 8.78. The molecule has 0 spiro atoms. The molecule has 1 aromatic heterocycles. The van der Waals surface area contributed by atoms with E-state index >= 15 is 0 Å². The molecule has 0 saturated carbocycles. The number of carbonyl (C=O) groups excluding carboxylic acids is 1. The first-order valence-electron chi connectivity index (χ1n) is 5.51. The molecule has 2 aromatic carbocycles. The van der Waals surface area contributed by atoms with Crippen LogP contribution in [0.3, 0.4) is 0 Å². The van der Waals surface area contributed by atoms with Gasteiger partial charge in [-0.2, -0.15) is 0 Å². The van der Waals surface area contributed by atoms with E-state index in [9.17, 15) is 9.18 Å². The van der Waals surface area contributed by atoms with Crippen LogP contribution in [0.2, 0.25) is 0 Å². The van der Waals surface area contributed by atoms with Gasteiger partial charge in [0.15, 0.2) is 0 Å². The minimum absolute atomic E-state index is 0.199. The quantitative estimate of drug-likeness (QED) is 0.616. The molecule has 0 unspecified atom stereocenters. The van der Waals surface area contributed by atoms with Crippen molar-refractivity contribution < 1.29 is 9.18 Å². The molecule has 88 valence electrons. The van der Waals surface area contributed by atoms with Crippen molar-refractivity contribution in [1.29, 1.82) is 0 Å². The Morgan fingerprint density at radius 2 is 1.89 bits per heavy atom. The summed E-state index contributed by atoms with van der Waals surface area (Å²) in [6.45, 7) is 0. The molecule has 0 fully saturated rings. The van der Waals surface area contributed by atoms with Gasteiger partial charge in [-0.25, -0.2) is 4.39 Å². The van der Waals surface area contributed by atoms with Crippen LogP contribution in [0.5, 0.6) is 0 Å². The molecule has 0 aliphatic heterocycles. The molecular formula is C15H9FOS. The minimum Gasteiger partial charge on any atom is -0.298 e. The molecule has 0 radical (unpaired) electrons. The average molecular weight is 256 g/mol. The summed E-state index contributed by atoms with van der Waals surface area (Å²) in [6, 6.07) is 14.3. The Hall–Kier alpha value is -2.00. The third-order valence-corrected chi connectivity index (χ3v) is 4.01. The van der Waals surface area contributed by atoms with Crippen LogP contribution in [0.25, 0.3) is 20.5 Å². The molecule has 3 rings (SSSR count). The molecule has 0 atom stereocenters. The van der Waals surface area contributed by atoms with Crippen molar-refractivity contribution in [2.45, 2.75) is 0 Å². The summed E-state index contributed by atoms with van der Waals surface area (Å²) >= 11 is 1.41. The average Bonchev–Trinajstić information content (AvgIpc) is 2.84. The monoisotopic (exact) mass is 256 g/mol. The number of benzene rings is 2. The van der Waals surface area contributed by atoms with Gasteiger partial charge in [-0.05, 0) is 29.1 Å². The summed E-state index contributed by atoms with van der Waals surface area (Å²) < 4.78 is 14.3. The van der Waals surface area contributed by atoms with Crippen LogP contribution in [0.15, 0.2) is 48.5 Å². The van der Waals surface area contributed by atoms with Gasteiger partial charge in [-0.15, -0.1) is 11.3 Å². The van der Waals surface area contributed by atoms with Gasteiger partial charge in [0.2, 0.25) is 0 Å². The minimum atomic E-state index is -0.199. The predicted molar refractivity (Wildman–Crippen MR) is 72.6 cm³/mol. The van der Waals surface area contributed by atoms with Crippen LogP contribution >= 0.6 is 11.3 Å². The van der Waals surface area contributed by atoms with Crippen molar-refractivity contribution >= 4 is 27.7 Å². The van der Waals surface area contributed by atoms with Gasteiger partial charge in [-0.1, -0.05) is 30.3 Å². The number of rotatable bonds is 2. The van der Waals surface area contributed by atoms with E-state index in [1.54, 1.807) is 12.1 Å². The van der Waals surface area contributed by atoms with Gasteiger partial charge in [0.05, 0.1) is 4.70 Å². The second kappa shape index (κ2) is 4.35. The van der Waals surface area contributed by atoms with Crippen molar-refractivity contribution in [2.75, 3.05) is 0 Å². The highest BCUT2D eigenvalue weighted by Gasteiger charge is 2.07. The van der Waals surface area contributed by atoms with Crippen LogP contribution in [0.4, 0.5) is 4.39 Å². The molecule has 0 N–H and O–H groups in total. The van der Waals surface area contributed by atoms with Gasteiger partial charge < -0.3 is 0 Å². The molecule has 0 amide bonds. The van der Waals surface area contributed by atoms with E-state index in [1.807, 2.05) is 30.3 Å². The Balaban J connectivity index is 2.19. The molecular weight excluding hydrogens is 247 g/mol. The molecule has 0 saturated heterocycles. The van der Waals surface area contributed by atoms with Crippen molar-refractivity contribution in [3.05, 3.63) is 59.9 Å². The standard InChI is InChI=1S/C15H9FOS/c16-13-6-2-5-12-8-14(18-15(12)13)11-4-1-3-10(7-11)9-17/h1-9H. The molecule has 0 aliphatic carbocycles. The third-order valence-electron chi connectivity index (χ3n) is 2.80. The number of hydrogen-bond donors (Lipinski definition) is 0. The Labute approximate surface area is 108 Å². The third kappa shape index (κ3) is 1.83. The number of carbonyl (C=O) groups is 1. The van der Waals surface area contributed by atoms with Crippen LogP contribution in [-0.2, 0) is 0 Å². The van der Waals surface area contributed by atoms with E-state index < -0.39 is 0 Å². The van der Waals surface area contributed by atoms with Crippen molar-refractivity contribution in [3.8, 4) is 10.4 Å². The normalized spacial score (nSPS) is 10.7. The molecule has 3 heteroatoms. The fraction of sp³-hybridized carbons (Fsp3) is 0. The summed E-state index contributed by atoms with van der Waals surface area (Å²) in [7, 11) is 0. The highest BCUT2D eigenvalue weighted by Crippen LogP contribution is 2.34. The van der Waals surface area contributed by atoms with Gasteiger partial charge in [0.1, 0.15) is 12.1 Å². The second-order valence-electron chi connectivity index (χ2n) is 4.01. The molecule has 0 bridgehead atoms. The summed E-state index contributed by atoms with van der Waals surface area (Å²) in [5.41, 5.74) is 1.57. The summed E-state index contributed by atoms with van der Waals surface area (Å²) in [4.78, 5) is 11.7. The summed E-state index contributed by atoms with van der Waals surface area (Å²) in [5, 5.41) is 0.895. The van der Waals surface area contributed by atoms with Gasteiger partial charge in [-0.3, -0.25) is 4.79 Å². The lowest BCUT2D eigenvalue weighted by atomic mass is 10.1. The maximum absolute atomic E-state index is 13.6. The smallest absolute Gasteiger partial charge is 0.150 e. The van der Waals surface area contributed by atoms with Crippen LogP contribution < -0.4 is 0 Å². The zero-order valence-corrected chi connectivity index (χ0v) is 10.2. The van der Waals surface area contributed by atoms with Crippen LogP contribution in [0.1, 0.15) is 10.4 Å². The van der Waals surface area contributed by atoms with Crippen LogP contribution in [0, 0.1) is 5.82 Å². The molecule has 18 heavy (non-hydrogen) atoms. The Morgan fingerprint density at radius 1 is 1.06 bits per heavy atom. The number of thiophene rings is 1. The maximum atomic E-state index is 13.6. The number of fused-ring (bicyclic) bond motifs is 1. The summed E-state index contributed by atoms with van der Waals surface area (Å²) in [5.74, 6) is -0.199. The number of halogens is 1. The highest BCUT2D eigenvalue weighted by molar-refractivity contribution is 7.22. The zero-order chi connectivity index (χ0) is 12.5. The highest BCUT2D eigenvalue weighted by atomic mass is 32.1. The summed E-state index contributed by atoms with van der Waals surface area (Å²) in [6.07, 6.45) is 0.817. The molecule has 3 aromatic rings. The van der Waals surface area contributed by atoms with Crippen molar-refractivity contribution in [3.63, 3.8) is 0 Å². The van der Waals surface area contributed by atoms with Gasteiger partial charge in [0, 0.05) is 10.4 Å². The van der Waals surface area contributed by atoms with Gasteiger partial charge in [0.25, 0.3) is 0 Å². The lowest BCUT2D eigenvalue weighted by molar-refractivity contribution is 0.112. The Kier molecular flexibility index (Phi) is 2.68. The zero-order valence-electron chi connectivity index (χ0n) is 9.39. The van der Waals surface area contributed by atoms with E-state index in [0.717, 1.165) is 22.1 Å². The Bertz CT molecular complexity index is 730. The SMILES string of the molecule is O=Cc1cccc(-c2cc3cccc(F)c3s2)c1. The lowest BCUT2D eigenvalue weighted by Crippen LogP contribution is -1.79. The molecule has 1 nitrogen and oxygen atoms in total. The van der Waals surface area contributed by atoms with Crippen molar-refractivity contribution in [1.82, 2.24) is 0 Å². The van der Waals surface area contributed by atoms with Crippen LogP contribution in [-0.4, -0.2) is 6.29 Å². The number of aldehydes is 1. The molecule has 0 aliphatic rings. The first kappa shape index (κ1) is 11.1. The fourth-order valence-corrected chi connectivity index (χ4v) is 3.00. The largest absolute Gasteiger partial charge is 0.298 e. The topological polar surface area (TPSA) is 17.1 Å². The first-order valence-corrected chi connectivity index (χ1v) is 6.33. The predicted octanol–water partition coefficient (Wildman–Crippen LogP) is 4.52. The van der Waals surface area contributed by atoms with Gasteiger partial charge >= 0.3 is 0 Å². The van der Waals surface area contributed by atoms with Crippen molar-refractivity contribution in [2.24, 2.45) is 0 Å². The lowest BCUT2D eigenvalue weighted by Gasteiger charge is -1.97.